The molecule has 0 aliphatic carbocycles. The first kappa shape index (κ1) is 24.7. The van der Waals surface area contributed by atoms with E-state index in [0.717, 1.165) is 16.7 Å². The third kappa shape index (κ3) is 7.04. The number of carbonyl (C=O) groups excluding carboxylic acids is 2. The molecule has 9 heteroatoms. The van der Waals surface area contributed by atoms with Gasteiger partial charge in [0.05, 0.1) is 17.8 Å². The minimum absolute atomic E-state index is 0.162. The Hall–Kier alpha value is -3.92. The van der Waals surface area contributed by atoms with Gasteiger partial charge in [-0.3, -0.25) is 15.0 Å². The summed E-state index contributed by atoms with van der Waals surface area (Å²) in [5.41, 5.74) is 6.29. The van der Waals surface area contributed by atoms with Crippen LogP contribution >= 0.6 is 0 Å². The van der Waals surface area contributed by atoms with Crippen molar-refractivity contribution < 1.29 is 19.1 Å². The van der Waals surface area contributed by atoms with Crippen molar-refractivity contribution in [3.8, 4) is 0 Å². The highest BCUT2D eigenvalue weighted by atomic mass is 16.7. The summed E-state index contributed by atoms with van der Waals surface area (Å²) >= 11 is 0. The lowest BCUT2D eigenvalue weighted by molar-refractivity contribution is -0.120. The minimum Gasteiger partial charge on any atom is -0.352 e. The van der Waals surface area contributed by atoms with E-state index in [1.165, 1.54) is 0 Å². The van der Waals surface area contributed by atoms with Crippen molar-refractivity contribution in [2.24, 2.45) is 16.1 Å². The fourth-order valence-electron chi connectivity index (χ4n) is 3.29. The Balaban J connectivity index is 1.63. The van der Waals surface area contributed by atoms with Gasteiger partial charge in [-0.1, -0.05) is 36.4 Å². The average Bonchev–Trinajstić information content (AvgIpc) is 2.87. The number of methoxy groups -OCH3 is 2. The van der Waals surface area contributed by atoms with E-state index >= 15 is 0 Å². The largest absolute Gasteiger partial charge is 0.352 e. The van der Waals surface area contributed by atoms with Crippen LogP contribution in [0.1, 0.15) is 33.3 Å². The van der Waals surface area contributed by atoms with Gasteiger partial charge >= 0.3 is 0 Å². The molecule has 0 heterocycles. The number of benzene rings is 3. The highest BCUT2D eigenvalue weighted by Crippen LogP contribution is 2.21. The molecule has 0 unspecified atom stereocenters. The molecule has 0 fully saturated rings. The molecule has 0 bridgehead atoms. The molecule has 0 aliphatic rings. The van der Waals surface area contributed by atoms with E-state index in [1.54, 1.807) is 50.6 Å². The topological polar surface area (TPSA) is 127 Å². The second-order valence-electron chi connectivity index (χ2n) is 7.40. The Kier molecular flexibility index (Phi) is 8.98. The molecular formula is C25H27N5O4. The van der Waals surface area contributed by atoms with Crippen molar-refractivity contribution in [2.45, 2.75) is 19.3 Å². The lowest BCUT2D eigenvalue weighted by Gasteiger charge is -2.14. The van der Waals surface area contributed by atoms with Gasteiger partial charge in [-0.25, -0.2) is 5.84 Å². The number of hydrogen-bond acceptors (Lipinski definition) is 7. The van der Waals surface area contributed by atoms with Crippen molar-refractivity contribution in [3.63, 3.8) is 0 Å². The van der Waals surface area contributed by atoms with Crippen LogP contribution < -0.4 is 16.6 Å². The number of rotatable bonds is 10. The van der Waals surface area contributed by atoms with Crippen LogP contribution in [0.2, 0.25) is 0 Å². The van der Waals surface area contributed by atoms with Gasteiger partial charge in [-0.2, -0.15) is 10.2 Å². The molecule has 0 atom stereocenters. The van der Waals surface area contributed by atoms with Crippen molar-refractivity contribution in [1.29, 1.82) is 0 Å². The van der Waals surface area contributed by atoms with Crippen molar-refractivity contribution in [2.75, 3.05) is 14.2 Å². The number of azo groups is 1. The molecule has 4 N–H and O–H groups in total. The molecular weight excluding hydrogens is 434 g/mol. The number of ether oxygens (including phenoxy) is 2. The van der Waals surface area contributed by atoms with E-state index in [2.05, 4.69) is 21.0 Å². The molecule has 3 aromatic rings. The second-order valence-corrected chi connectivity index (χ2v) is 7.40. The first-order valence-corrected chi connectivity index (χ1v) is 10.5. The van der Waals surface area contributed by atoms with E-state index in [-0.39, 0.29) is 18.2 Å². The van der Waals surface area contributed by atoms with Crippen LogP contribution in [0.15, 0.2) is 83.0 Å². The Morgan fingerprint density at radius 3 is 2.15 bits per heavy atom. The van der Waals surface area contributed by atoms with Gasteiger partial charge in [0.1, 0.15) is 0 Å². The molecule has 0 radical (unpaired) electrons. The lowest BCUT2D eigenvalue weighted by atomic mass is 10.1. The molecule has 0 aliphatic heterocycles. The van der Waals surface area contributed by atoms with Gasteiger partial charge in [0.2, 0.25) is 5.91 Å². The molecule has 2 amide bonds. The summed E-state index contributed by atoms with van der Waals surface area (Å²) in [6, 6.07) is 21.7. The van der Waals surface area contributed by atoms with Crippen LogP contribution in [-0.4, -0.2) is 26.0 Å². The second kappa shape index (κ2) is 12.4. The molecule has 176 valence electrons. The maximum Gasteiger partial charge on any atom is 0.251 e. The van der Waals surface area contributed by atoms with Crippen molar-refractivity contribution in [1.82, 2.24) is 10.7 Å². The maximum absolute atomic E-state index is 12.6. The monoisotopic (exact) mass is 461 g/mol. The predicted molar refractivity (Wildman–Crippen MR) is 127 cm³/mol. The molecule has 3 aromatic carbocycles. The molecule has 0 aromatic heterocycles. The number of amides is 2. The third-order valence-corrected chi connectivity index (χ3v) is 4.93. The van der Waals surface area contributed by atoms with E-state index in [1.807, 2.05) is 36.4 Å². The zero-order valence-electron chi connectivity index (χ0n) is 19.0. The molecule has 34 heavy (non-hydrogen) atoms. The number of nitrogens with one attached hydrogen (secondary N) is 2. The Bertz CT molecular complexity index is 1160. The average molecular weight is 462 g/mol. The first-order chi connectivity index (χ1) is 16.5. The zero-order valence-corrected chi connectivity index (χ0v) is 19.0. The number of hydrazine groups is 1. The minimum atomic E-state index is -0.534. The van der Waals surface area contributed by atoms with Crippen LogP contribution in [0.5, 0.6) is 0 Å². The van der Waals surface area contributed by atoms with Gasteiger partial charge in [0, 0.05) is 31.9 Å². The van der Waals surface area contributed by atoms with E-state index in [9.17, 15) is 9.59 Å². The van der Waals surface area contributed by atoms with Gasteiger partial charge in [0.25, 0.3) is 5.91 Å². The molecule has 9 nitrogen and oxygen atoms in total. The number of hydrogen-bond donors (Lipinski definition) is 3. The first-order valence-electron chi connectivity index (χ1n) is 10.5. The van der Waals surface area contributed by atoms with Gasteiger partial charge in [-0.05, 0) is 47.5 Å². The maximum atomic E-state index is 12.6. The Labute approximate surface area is 198 Å². The lowest BCUT2D eigenvalue weighted by Crippen LogP contribution is -2.31. The highest BCUT2D eigenvalue weighted by molar-refractivity contribution is 5.94. The fourth-order valence-corrected chi connectivity index (χ4v) is 3.29. The smallest absolute Gasteiger partial charge is 0.251 e. The quantitative estimate of drug-likeness (QED) is 0.139. The summed E-state index contributed by atoms with van der Waals surface area (Å²) in [6.07, 6.45) is -0.372. The molecule has 0 saturated carbocycles. The van der Waals surface area contributed by atoms with Crippen LogP contribution in [0.4, 0.5) is 11.4 Å². The number of carbonyl (C=O) groups is 2. The molecule has 0 saturated heterocycles. The summed E-state index contributed by atoms with van der Waals surface area (Å²) < 4.78 is 10.5. The van der Waals surface area contributed by atoms with E-state index < -0.39 is 6.29 Å². The van der Waals surface area contributed by atoms with Gasteiger partial charge in [0.15, 0.2) is 6.29 Å². The summed E-state index contributed by atoms with van der Waals surface area (Å²) in [6.45, 7) is 0.327. The zero-order chi connectivity index (χ0) is 24.3. The third-order valence-electron chi connectivity index (χ3n) is 4.93. The van der Waals surface area contributed by atoms with Crippen LogP contribution in [0, 0.1) is 0 Å². The molecule has 0 spiro atoms. The van der Waals surface area contributed by atoms with Crippen molar-refractivity contribution in [3.05, 3.63) is 95.1 Å². The number of nitrogens with zero attached hydrogens (tertiary/aromatic N) is 2. The van der Waals surface area contributed by atoms with Crippen LogP contribution in [0.3, 0.4) is 0 Å². The standard InChI is InChI=1S/C25H27N5O4/c1-33-25(34-2)20-9-5-8-19(15-20)24(32)27-16-18-7-4-11-22(13-18)30-29-21-10-3-6-17(12-21)14-23(31)28-26/h3-13,15,25H,14,16,26H2,1-2H3,(H,27,32)(H,28,31). The normalized spacial score (nSPS) is 11.1. The Morgan fingerprint density at radius 1 is 0.882 bits per heavy atom. The highest BCUT2D eigenvalue weighted by Gasteiger charge is 2.12. The van der Waals surface area contributed by atoms with Crippen LogP contribution in [-0.2, 0) is 27.2 Å². The number of nitrogens with two attached hydrogens (primary N) is 1. The fraction of sp³-hybridized carbons (Fsp3) is 0.200. The van der Waals surface area contributed by atoms with Crippen molar-refractivity contribution >= 4 is 23.2 Å². The summed E-state index contributed by atoms with van der Waals surface area (Å²) in [5, 5.41) is 11.4. The summed E-state index contributed by atoms with van der Waals surface area (Å²) in [7, 11) is 3.09. The van der Waals surface area contributed by atoms with Crippen LogP contribution in [0.25, 0.3) is 0 Å². The Morgan fingerprint density at radius 2 is 1.50 bits per heavy atom. The summed E-state index contributed by atoms with van der Waals surface area (Å²) in [4.78, 5) is 24.1. The summed E-state index contributed by atoms with van der Waals surface area (Å²) in [5.74, 6) is 4.64. The molecule has 3 rings (SSSR count). The van der Waals surface area contributed by atoms with Gasteiger partial charge in [-0.15, -0.1) is 0 Å². The SMILES string of the molecule is COC(OC)c1cccc(C(=O)NCc2cccc(N=Nc3cccc(CC(=O)NN)c3)c2)c1. The predicted octanol–water partition coefficient (Wildman–Crippen LogP) is 3.86. The van der Waals surface area contributed by atoms with E-state index in [0.29, 0.717) is 23.5 Å². The van der Waals surface area contributed by atoms with Gasteiger partial charge < -0.3 is 14.8 Å². The van der Waals surface area contributed by atoms with E-state index in [4.69, 9.17) is 15.3 Å².